The lowest BCUT2D eigenvalue weighted by Crippen LogP contribution is -2.45. The monoisotopic (exact) mass is 378 g/mol. The molecule has 0 aliphatic carbocycles. The molecule has 0 spiro atoms. The number of nitrogens with one attached hydrogen (secondary N) is 1. The first-order chi connectivity index (χ1) is 12.5. The van der Waals surface area contributed by atoms with E-state index in [9.17, 15) is 24.3 Å². The molecule has 0 unspecified atom stereocenters. The molecule has 1 aromatic carbocycles. The molecule has 0 radical (unpaired) electrons. The number of carboxylic acids is 2. The summed E-state index contributed by atoms with van der Waals surface area (Å²) in [6.07, 6.45) is 0.364. The van der Waals surface area contributed by atoms with Gasteiger partial charge in [-0.15, -0.1) is 0 Å². The van der Waals surface area contributed by atoms with Gasteiger partial charge in [0.25, 0.3) is 0 Å². The van der Waals surface area contributed by atoms with Crippen molar-refractivity contribution in [3.8, 4) is 0 Å². The molecule has 0 aromatic heterocycles. The van der Waals surface area contributed by atoms with Crippen molar-refractivity contribution in [2.24, 2.45) is 0 Å². The van der Waals surface area contributed by atoms with Crippen LogP contribution >= 0.6 is 0 Å². The fraction of sp³-hybridized carbons (Fsp3) is 0.444. The predicted octanol–water partition coefficient (Wildman–Crippen LogP) is 2.42. The zero-order valence-electron chi connectivity index (χ0n) is 15.3. The van der Waals surface area contributed by atoms with E-state index in [4.69, 9.17) is 9.84 Å². The van der Waals surface area contributed by atoms with Crippen molar-refractivity contribution >= 4 is 29.6 Å². The van der Waals surface area contributed by atoms with Gasteiger partial charge in [0, 0.05) is 6.54 Å². The molecule has 2 amide bonds. The minimum absolute atomic E-state index is 0.136. The van der Waals surface area contributed by atoms with Crippen LogP contribution in [0.3, 0.4) is 0 Å². The number of carbonyl (C=O) groups excluding carboxylic acids is 2. The Morgan fingerprint density at radius 2 is 1.81 bits per heavy atom. The van der Waals surface area contributed by atoms with E-state index in [1.807, 2.05) is 0 Å². The average molecular weight is 378 g/mol. The summed E-state index contributed by atoms with van der Waals surface area (Å²) in [4.78, 5) is 48.7. The first-order valence-corrected chi connectivity index (χ1v) is 8.40. The molecule has 0 saturated carbocycles. The van der Waals surface area contributed by atoms with Crippen LogP contribution in [0, 0.1) is 0 Å². The van der Waals surface area contributed by atoms with Gasteiger partial charge in [-0.3, -0.25) is 9.69 Å². The molecule has 1 aromatic rings. The van der Waals surface area contributed by atoms with E-state index in [0.717, 1.165) is 18.2 Å². The number of ether oxygens (including phenoxy) is 1. The third-order valence-electron chi connectivity index (χ3n) is 3.94. The summed E-state index contributed by atoms with van der Waals surface area (Å²) in [6.45, 7) is 5.49. The van der Waals surface area contributed by atoms with Crippen LogP contribution in [0.15, 0.2) is 18.2 Å². The number of carboxylic acid groups (broad SMARTS) is 2. The van der Waals surface area contributed by atoms with E-state index >= 15 is 0 Å². The van der Waals surface area contributed by atoms with Crippen LogP contribution in [0.5, 0.6) is 0 Å². The number of hydrogen-bond acceptors (Lipinski definition) is 5. The molecule has 2 rings (SSSR count). The third kappa shape index (κ3) is 4.96. The Morgan fingerprint density at radius 1 is 1.15 bits per heavy atom. The zero-order chi connectivity index (χ0) is 20.4. The van der Waals surface area contributed by atoms with Gasteiger partial charge in [0.1, 0.15) is 11.6 Å². The van der Waals surface area contributed by atoms with E-state index in [0.29, 0.717) is 19.4 Å². The number of nitrogens with zero attached hydrogens (tertiary/aromatic N) is 1. The molecule has 9 nitrogen and oxygen atoms in total. The summed E-state index contributed by atoms with van der Waals surface area (Å²) in [5.74, 6) is -3.15. The Labute approximate surface area is 155 Å². The molecule has 1 aliphatic heterocycles. The van der Waals surface area contributed by atoms with Crippen molar-refractivity contribution in [1.29, 1.82) is 0 Å². The summed E-state index contributed by atoms with van der Waals surface area (Å²) in [5.41, 5.74) is -1.25. The number of benzene rings is 1. The fourth-order valence-corrected chi connectivity index (χ4v) is 2.76. The van der Waals surface area contributed by atoms with Gasteiger partial charge in [0.15, 0.2) is 0 Å². The Kier molecular flexibility index (Phi) is 5.72. The lowest BCUT2D eigenvalue weighted by atomic mass is 10.1. The van der Waals surface area contributed by atoms with Crippen molar-refractivity contribution in [2.75, 3.05) is 11.9 Å². The third-order valence-corrected chi connectivity index (χ3v) is 3.94. The molecule has 146 valence electrons. The minimum atomic E-state index is -1.31. The van der Waals surface area contributed by atoms with Crippen LogP contribution in [0.4, 0.5) is 10.5 Å². The van der Waals surface area contributed by atoms with Crippen molar-refractivity contribution in [1.82, 2.24) is 4.90 Å². The first-order valence-electron chi connectivity index (χ1n) is 8.40. The fourth-order valence-electron chi connectivity index (χ4n) is 2.76. The summed E-state index contributed by atoms with van der Waals surface area (Å²) >= 11 is 0. The minimum Gasteiger partial charge on any atom is -0.478 e. The Hall–Kier alpha value is -3.10. The largest absolute Gasteiger partial charge is 0.478 e. The molecule has 1 fully saturated rings. The standard InChI is InChI=1S/C18H22N2O7/c1-18(2,3)27-17(26)20-8-4-5-13(20)14(21)19-12-9-10(15(22)23)6-7-11(12)16(24)25/h6-7,9,13H,4-5,8H2,1-3H3,(H,19,21)(H,22,23)(H,24,25)/t13-/m0/s1. The molecule has 0 bridgehead atoms. The number of aromatic carboxylic acids is 2. The van der Waals surface area contributed by atoms with Gasteiger partial charge in [0.05, 0.1) is 16.8 Å². The van der Waals surface area contributed by atoms with Gasteiger partial charge >= 0.3 is 18.0 Å². The number of likely N-dealkylation sites (tertiary alicyclic amines) is 1. The van der Waals surface area contributed by atoms with Gasteiger partial charge in [-0.25, -0.2) is 14.4 Å². The number of amides is 2. The number of anilines is 1. The van der Waals surface area contributed by atoms with E-state index < -0.39 is 35.6 Å². The molecule has 1 saturated heterocycles. The highest BCUT2D eigenvalue weighted by Crippen LogP contribution is 2.24. The maximum atomic E-state index is 12.7. The van der Waals surface area contributed by atoms with Gasteiger partial charge in [-0.1, -0.05) is 0 Å². The van der Waals surface area contributed by atoms with Crippen molar-refractivity contribution in [2.45, 2.75) is 45.3 Å². The van der Waals surface area contributed by atoms with Crippen LogP contribution < -0.4 is 5.32 Å². The SMILES string of the molecule is CC(C)(C)OC(=O)N1CCC[C@H]1C(=O)Nc1cc(C(=O)O)ccc1C(=O)O. The van der Waals surface area contributed by atoms with Gasteiger partial charge < -0.3 is 20.3 Å². The molecule has 27 heavy (non-hydrogen) atoms. The second-order valence-corrected chi connectivity index (χ2v) is 7.19. The summed E-state index contributed by atoms with van der Waals surface area (Å²) in [6, 6.07) is 2.51. The molecule has 9 heteroatoms. The topological polar surface area (TPSA) is 133 Å². The zero-order valence-corrected chi connectivity index (χ0v) is 15.3. The van der Waals surface area contributed by atoms with Crippen LogP contribution in [-0.4, -0.2) is 57.2 Å². The Morgan fingerprint density at radius 3 is 2.37 bits per heavy atom. The highest BCUT2D eigenvalue weighted by molar-refractivity contribution is 6.04. The maximum absolute atomic E-state index is 12.7. The smallest absolute Gasteiger partial charge is 0.410 e. The van der Waals surface area contributed by atoms with Gasteiger partial charge in [0.2, 0.25) is 5.91 Å². The summed E-state index contributed by atoms with van der Waals surface area (Å²) in [7, 11) is 0. The number of hydrogen-bond donors (Lipinski definition) is 3. The van der Waals surface area contributed by atoms with E-state index in [1.54, 1.807) is 20.8 Å². The normalized spacial score (nSPS) is 16.7. The molecule has 1 aliphatic rings. The van der Waals surface area contributed by atoms with E-state index in [1.165, 1.54) is 4.90 Å². The summed E-state index contributed by atoms with van der Waals surface area (Å²) in [5, 5.41) is 20.8. The van der Waals surface area contributed by atoms with E-state index in [2.05, 4.69) is 5.32 Å². The highest BCUT2D eigenvalue weighted by atomic mass is 16.6. The average Bonchev–Trinajstić information content (AvgIpc) is 3.02. The summed E-state index contributed by atoms with van der Waals surface area (Å²) < 4.78 is 5.30. The molecule has 1 atom stereocenters. The second kappa shape index (κ2) is 7.65. The molecular formula is C18H22N2O7. The first kappa shape index (κ1) is 20.2. The quantitative estimate of drug-likeness (QED) is 0.732. The molecule has 1 heterocycles. The van der Waals surface area contributed by atoms with Crippen molar-refractivity contribution < 1.29 is 34.1 Å². The number of rotatable bonds is 4. The van der Waals surface area contributed by atoms with Crippen LogP contribution in [0.2, 0.25) is 0 Å². The maximum Gasteiger partial charge on any atom is 0.410 e. The van der Waals surface area contributed by atoms with E-state index in [-0.39, 0.29) is 16.8 Å². The highest BCUT2D eigenvalue weighted by Gasteiger charge is 2.37. The van der Waals surface area contributed by atoms with Crippen LogP contribution in [0.1, 0.15) is 54.3 Å². The second-order valence-electron chi connectivity index (χ2n) is 7.19. The van der Waals surface area contributed by atoms with Crippen LogP contribution in [0.25, 0.3) is 0 Å². The Bertz CT molecular complexity index is 782. The lowest BCUT2D eigenvalue weighted by Gasteiger charge is -2.28. The molecular weight excluding hydrogens is 356 g/mol. The van der Waals surface area contributed by atoms with Crippen molar-refractivity contribution in [3.05, 3.63) is 29.3 Å². The lowest BCUT2D eigenvalue weighted by molar-refractivity contribution is -0.120. The predicted molar refractivity (Wildman–Crippen MR) is 95.0 cm³/mol. The molecule has 3 N–H and O–H groups in total. The number of carbonyl (C=O) groups is 4. The van der Waals surface area contributed by atoms with Gasteiger partial charge in [-0.05, 0) is 51.8 Å². The Balaban J connectivity index is 2.23. The van der Waals surface area contributed by atoms with Gasteiger partial charge in [-0.2, -0.15) is 0 Å². The van der Waals surface area contributed by atoms with Crippen LogP contribution in [-0.2, 0) is 9.53 Å². The van der Waals surface area contributed by atoms with Crippen molar-refractivity contribution in [3.63, 3.8) is 0 Å².